The first-order chi connectivity index (χ1) is 20.4. The lowest BCUT2D eigenvalue weighted by Crippen LogP contribution is -2.40. The molecule has 2 N–H and O–H groups in total. The minimum atomic E-state index is -0.208. The molecule has 2 amide bonds. The topological polar surface area (TPSA) is 99.5 Å². The summed E-state index contributed by atoms with van der Waals surface area (Å²) in [4.78, 5) is 27.6. The van der Waals surface area contributed by atoms with Crippen molar-refractivity contribution in [2.75, 3.05) is 49.3 Å². The number of rotatable bonds is 7. The Labute approximate surface area is 252 Å². The highest BCUT2D eigenvalue weighted by molar-refractivity contribution is 6.39. The number of fused-ring (bicyclic) bond motifs is 2. The van der Waals surface area contributed by atoms with Crippen LogP contribution in [0.25, 0.3) is 33.4 Å². The molecule has 0 saturated carbocycles. The van der Waals surface area contributed by atoms with Gasteiger partial charge in [-0.25, -0.2) is 0 Å². The van der Waals surface area contributed by atoms with Gasteiger partial charge in [0.15, 0.2) is 13.2 Å². The molecular weight excluding hydrogens is 579 g/mol. The molecule has 4 aromatic carbocycles. The number of halogens is 2. The van der Waals surface area contributed by atoms with E-state index in [1.807, 2.05) is 60.7 Å². The lowest BCUT2D eigenvalue weighted by molar-refractivity contribution is -0.122. The summed E-state index contributed by atoms with van der Waals surface area (Å²) in [6.07, 6.45) is 0. The van der Waals surface area contributed by atoms with Gasteiger partial charge in [-0.3, -0.25) is 9.59 Å². The maximum Gasteiger partial charge on any atom is 0.265 e. The van der Waals surface area contributed by atoms with Crippen molar-refractivity contribution in [1.82, 2.24) is 0 Å². The van der Waals surface area contributed by atoms with Crippen molar-refractivity contribution in [3.8, 4) is 44.9 Å². The predicted molar refractivity (Wildman–Crippen MR) is 163 cm³/mol. The molecule has 6 rings (SSSR count). The van der Waals surface area contributed by atoms with Crippen LogP contribution in [0.3, 0.4) is 0 Å². The molecule has 0 aliphatic carbocycles. The van der Waals surface area contributed by atoms with Crippen LogP contribution in [-0.4, -0.2) is 61.5 Å². The minimum Gasteiger partial charge on any atom is -0.482 e. The van der Waals surface area contributed by atoms with Crippen molar-refractivity contribution in [1.29, 1.82) is 0 Å². The zero-order valence-electron chi connectivity index (χ0n) is 22.3. The quantitative estimate of drug-likeness (QED) is 0.292. The fourth-order valence-electron chi connectivity index (χ4n) is 5.36. The number of carbonyl (C=O) groups is 2. The van der Waals surface area contributed by atoms with E-state index in [-0.39, 0.29) is 51.3 Å². The van der Waals surface area contributed by atoms with Crippen LogP contribution < -0.4 is 19.3 Å². The van der Waals surface area contributed by atoms with Crippen molar-refractivity contribution < 1.29 is 29.3 Å². The number of aliphatic hydroxyl groups is 2. The lowest BCUT2D eigenvalue weighted by Gasteiger charge is -2.29. The molecule has 10 heteroatoms. The summed E-state index contributed by atoms with van der Waals surface area (Å²) in [7, 11) is 0. The summed E-state index contributed by atoms with van der Waals surface area (Å²) in [5.74, 6) is 0.660. The Morgan fingerprint density at radius 3 is 1.43 bits per heavy atom. The van der Waals surface area contributed by atoms with E-state index >= 15 is 0 Å². The Kier molecular flexibility index (Phi) is 7.79. The predicted octanol–water partition coefficient (Wildman–Crippen LogP) is 5.43. The third-order valence-corrected chi connectivity index (χ3v) is 8.18. The zero-order chi connectivity index (χ0) is 29.4. The van der Waals surface area contributed by atoms with E-state index in [9.17, 15) is 19.8 Å². The van der Waals surface area contributed by atoms with Crippen LogP contribution in [0.5, 0.6) is 11.5 Å². The highest BCUT2D eigenvalue weighted by atomic mass is 35.5. The van der Waals surface area contributed by atoms with Crippen molar-refractivity contribution in [2.24, 2.45) is 0 Å². The van der Waals surface area contributed by atoms with Crippen LogP contribution in [0.2, 0.25) is 10.0 Å². The number of anilines is 2. The molecule has 214 valence electrons. The van der Waals surface area contributed by atoms with E-state index < -0.39 is 0 Å². The maximum absolute atomic E-state index is 12.3. The van der Waals surface area contributed by atoms with E-state index in [1.54, 1.807) is 12.1 Å². The second-order valence-corrected chi connectivity index (χ2v) is 10.6. The molecule has 42 heavy (non-hydrogen) atoms. The van der Waals surface area contributed by atoms with E-state index in [1.165, 1.54) is 9.80 Å². The fraction of sp³-hybridized carbons (Fsp3) is 0.188. The van der Waals surface area contributed by atoms with E-state index in [0.717, 1.165) is 33.4 Å². The maximum atomic E-state index is 12.3. The third kappa shape index (κ3) is 4.97. The largest absolute Gasteiger partial charge is 0.482 e. The standard InChI is InChI=1S/C32H26Cl2N2O6/c33-31-21(19-7-9-25-27(15-19)41-17-29(39)35(25)11-13-37)3-1-5-23(31)24-6-2-4-22(32(24)34)20-8-10-26-28(16-20)42-18-30(40)36(26)12-14-38/h1-10,15-16,37-38H,11-14,17-18H2. The number of nitrogens with zero attached hydrogens (tertiary/aromatic N) is 2. The highest BCUT2D eigenvalue weighted by Gasteiger charge is 2.27. The van der Waals surface area contributed by atoms with Gasteiger partial charge in [0.25, 0.3) is 11.8 Å². The van der Waals surface area contributed by atoms with Crippen LogP contribution >= 0.6 is 23.2 Å². The molecular formula is C32H26Cl2N2O6. The van der Waals surface area contributed by atoms with Crippen molar-refractivity contribution in [3.63, 3.8) is 0 Å². The first-order valence-corrected chi connectivity index (χ1v) is 14.1. The van der Waals surface area contributed by atoms with Gasteiger partial charge in [-0.05, 0) is 35.4 Å². The normalized spacial score (nSPS) is 14.3. The Bertz CT molecular complexity index is 1580. The summed E-state index contributed by atoms with van der Waals surface area (Å²) in [5.41, 5.74) is 5.83. The van der Waals surface area contributed by atoms with Crippen LogP contribution in [0.4, 0.5) is 11.4 Å². The molecule has 0 fully saturated rings. The minimum absolute atomic E-state index is 0.101. The molecule has 0 spiro atoms. The van der Waals surface area contributed by atoms with Gasteiger partial charge in [0.1, 0.15) is 11.5 Å². The molecule has 2 heterocycles. The number of hydrogen-bond acceptors (Lipinski definition) is 6. The van der Waals surface area contributed by atoms with Gasteiger partial charge in [0.05, 0.1) is 34.6 Å². The van der Waals surface area contributed by atoms with Gasteiger partial charge in [0, 0.05) is 35.3 Å². The van der Waals surface area contributed by atoms with Crippen LogP contribution in [0.1, 0.15) is 0 Å². The average Bonchev–Trinajstić information content (AvgIpc) is 3.00. The summed E-state index contributed by atoms with van der Waals surface area (Å²) < 4.78 is 11.4. The molecule has 2 aliphatic rings. The van der Waals surface area contributed by atoms with Crippen molar-refractivity contribution in [2.45, 2.75) is 0 Å². The Morgan fingerprint density at radius 2 is 1.02 bits per heavy atom. The zero-order valence-corrected chi connectivity index (χ0v) is 23.9. The number of hydrogen-bond donors (Lipinski definition) is 2. The summed E-state index contributed by atoms with van der Waals surface area (Å²) >= 11 is 14.0. The number of amides is 2. The van der Waals surface area contributed by atoms with Gasteiger partial charge in [0.2, 0.25) is 0 Å². The summed E-state index contributed by atoms with van der Waals surface area (Å²) in [5, 5.41) is 19.8. The van der Waals surface area contributed by atoms with Crippen LogP contribution in [-0.2, 0) is 9.59 Å². The second kappa shape index (κ2) is 11.7. The number of benzene rings is 4. The number of carbonyl (C=O) groups excluding carboxylic acids is 2. The van der Waals surface area contributed by atoms with Gasteiger partial charge in [-0.15, -0.1) is 0 Å². The van der Waals surface area contributed by atoms with Gasteiger partial charge in [-0.1, -0.05) is 71.7 Å². The van der Waals surface area contributed by atoms with Gasteiger partial charge in [-0.2, -0.15) is 0 Å². The molecule has 0 radical (unpaired) electrons. The van der Waals surface area contributed by atoms with E-state index in [4.69, 9.17) is 32.7 Å². The second-order valence-electron chi connectivity index (χ2n) is 9.81. The SMILES string of the molecule is O=C1COc2cc(-c3cccc(-c4cccc(-c5ccc6c(c5)OCC(=O)N6CCO)c4Cl)c3Cl)ccc2N1CCO. The smallest absolute Gasteiger partial charge is 0.265 e. The Balaban J connectivity index is 1.37. The van der Waals surface area contributed by atoms with E-state index in [2.05, 4.69) is 0 Å². The molecule has 0 unspecified atom stereocenters. The number of ether oxygens (including phenoxy) is 2. The summed E-state index contributed by atoms with van der Waals surface area (Å²) in [6.45, 7) is -0.127. The molecule has 0 atom stereocenters. The number of aliphatic hydroxyl groups excluding tert-OH is 2. The molecule has 8 nitrogen and oxygen atoms in total. The van der Waals surface area contributed by atoms with E-state index in [0.29, 0.717) is 32.9 Å². The molecule has 0 saturated heterocycles. The molecule has 4 aromatic rings. The van der Waals surface area contributed by atoms with Crippen molar-refractivity contribution in [3.05, 3.63) is 82.8 Å². The highest BCUT2D eigenvalue weighted by Crippen LogP contribution is 2.45. The lowest BCUT2D eigenvalue weighted by atomic mass is 9.95. The van der Waals surface area contributed by atoms with Crippen LogP contribution in [0.15, 0.2) is 72.8 Å². The van der Waals surface area contributed by atoms with Crippen molar-refractivity contribution >= 4 is 46.4 Å². The fourth-order valence-corrected chi connectivity index (χ4v) is 6.03. The van der Waals surface area contributed by atoms with Gasteiger partial charge >= 0.3 is 0 Å². The Morgan fingerprint density at radius 1 is 0.619 bits per heavy atom. The van der Waals surface area contributed by atoms with Crippen LogP contribution in [0, 0.1) is 0 Å². The first-order valence-electron chi connectivity index (χ1n) is 13.4. The Hall–Kier alpha value is -4.08. The number of β-amino-alcohol motifs (C(OH)–C–C–N with tert-alkyl or cyclic N) is 2. The first kappa shape index (κ1) is 28.1. The van der Waals surface area contributed by atoms with Gasteiger partial charge < -0.3 is 29.5 Å². The monoisotopic (exact) mass is 604 g/mol. The molecule has 0 aromatic heterocycles. The third-order valence-electron chi connectivity index (χ3n) is 7.36. The molecule has 2 aliphatic heterocycles. The molecule has 0 bridgehead atoms. The average molecular weight is 605 g/mol. The summed E-state index contributed by atoms with van der Waals surface area (Å²) in [6, 6.07) is 22.4.